The average molecular weight is 320 g/mol. The first kappa shape index (κ1) is 13.9. The third-order valence-electron chi connectivity index (χ3n) is 2.94. The number of nitrogens with zero attached hydrogens (tertiary/aromatic N) is 3. The molecule has 0 unspecified atom stereocenters. The van der Waals surface area contributed by atoms with Crippen molar-refractivity contribution in [2.24, 2.45) is 0 Å². The zero-order valence-electron chi connectivity index (χ0n) is 11.1. The van der Waals surface area contributed by atoms with E-state index in [0.29, 0.717) is 21.9 Å². The minimum atomic E-state index is 0.301. The summed E-state index contributed by atoms with van der Waals surface area (Å²) in [6, 6.07) is 15.0. The highest BCUT2D eigenvalue weighted by Gasteiger charge is 2.14. The Morgan fingerprint density at radius 2 is 1.48 bits per heavy atom. The van der Waals surface area contributed by atoms with Gasteiger partial charge < -0.3 is 4.74 Å². The normalized spacial score (nSPS) is 10.6. The number of ether oxygens (including phenoxy) is 1. The molecule has 0 atom stereocenters. The molecule has 0 fully saturated rings. The van der Waals surface area contributed by atoms with Crippen LogP contribution in [0.4, 0.5) is 0 Å². The minimum absolute atomic E-state index is 0.301. The highest BCUT2D eigenvalue weighted by molar-refractivity contribution is 6.30. The summed E-state index contributed by atoms with van der Waals surface area (Å²) in [6.07, 6.45) is 0. The van der Waals surface area contributed by atoms with Crippen LogP contribution in [-0.4, -0.2) is 21.9 Å². The molecule has 3 rings (SSSR count). The number of hydrogen-bond donors (Lipinski definition) is 0. The van der Waals surface area contributed by atoms with Crippen LogP contribution in [0.25, 0.3) is 17.1 Å². The molecule has 0 bridgehead atoms. The summed E-state index contributed by atoms with van der Waals surface area (Å²) < 4.78 is 6.84. The fraction of sp³-hybridized carbons (Fsp3) is 0.0667. The number of rotatable bonds is 3. The van der Waals surface area contributed by atoms with Gasteiger partial charge in [0.1, 0.15) is 0 Å². The number of hydrogen-bond acceptors (Lipinski definition) is 3. The monoisotopic (exact) mass is 319 g/mol. The van der Waals surface area contributed by atoms with Gasteiger partial charge in [0.25, 0.3) is 0 Å². The molecule has 3 aromatic rings. The van der Waals surface area contributed by atoms with Gasteiger partial charge in [-0.2, -0.15) is 4.98 Å². The standard InChI is InChI=1S/C15H11Cl2N3O/c1-21-15-18-14(10-2-4-11(16)5-3-10)20(19-15)13-8-6-12(17)7-9-13/h2-9H,1H3. The Labute approximate surface area is 131 Å². The molecule has 106 valence electrons. The van der Waals surface area contributed by atoms with Crippen LogP contribution in [0.5, 0.6) is 6.01 Å². The lowest BCUT2D eigenvalue weighted by Gasteiger charge is -2.05. The predicted octanol–water partition coefficient (Wildman–Crippen LogP) is 4.25. The molecule has 0 saturated carbocycles. The Balaban J connectivity index is 2.13. The molecular formula is C15H11Cl2N3O. The van der Waals surface area contributed by atoms with E-state index in [0.717, 1.165) is 11.3 Å². The van der Waals surface area contributed by atoms with E-state index in [9.17, 15) is 0 Å². The number of methoxy groups -OCH3 is 1. The van der Waals surface area contributed by atoms with E-state index >= 15 is 0 Å². The molecule has 6 heteroatoms. The van der Waals surface area contributed by atoms with Gasteiger partial charge in [-0.05, 0) is 48.5 Å². The van der Waals surface area contributed by atoms with Gasteiger partial charge in [0.2, 0.25) is 0 Å². The number of aromatic nitrogens is 3. The van der Waals surface area contributed by atoms with Crippen LogP contribution >= 0.6 is 23.2 Å². The summed E-state index contributed by atoms with van der Waals surface area (Å²) in [5.74, 6) is 0.672. The van der Waals surface area contributed by atoms with Crippen LogP contribution < -0.4 is 4.74 Å². The minimum Gasteiger partial charge on any atom is -0.466 e. The maximum atomic E-state index is 5.92. The quantitative estimate of drug-likeness (QED) is 0.724. The second-order valence-electron chi connectivity index (χ2n) is 4.32. The summed E-state index contributed by atoms with van der Waals surface area (Å²) >= 11 is 11.8. The Morgan fingerprint density at radius 3 is 2.05 bits per heavy atom. The van der Waals surface area contributed by atoms with Crippen LogP contribution in [0, 0.1) is 0 Å². The molecule has 1 heterocycles. The molecule has 0 aliphatic heterocycles. The van der Waals surface area contributed by atoms with E-state index in [-0.39, 0.29) is 0 Å². The summed E-state index contributed by atoms with van der Waals surface area (Å²) in [5.41, 5.74) is 1.74. The molecule has 0 amide bonds. The molecule has 1 aromatic heterocycles. The summed E-state index contributed by atoms with van der Waals surface area (Å²) in [4.78, 5) is 4.38. The van der Waals surface area contributed by atoms with Gasteiger partial charge in [-0.25, -0.2) is 4.68 Å². The lowest BCUT2D eigenvalue weighted by atomic mass is 10.2. The second kappa shape index (κ2) is 5.76. The summed E-state index contributed by atoms with van der Waals surface area (Å²) in [7, 11) is 1.53. The van der Waals surface area contributed by atoms with Crippen molar-refractivity contribution in [1.82, 2.24) is 14.8 Å². The Hall–Kier alpha value is -2.04. The van der Waals surface area contributed by atoms with Crippen LogP contribution in [0.1, 0.15) is 0 Å². The maximum absolute atomic E-state index is 5.92. The summed E-state index contributed by atoms with van der Waals surface area (Å²) in [5, 5.41) is 5.67. The van der Waals surface area contributed by atoms with E-state index < -0.39 is 0 Å². The topological polar surface area (TPSA) is 39.9 Å². The van der Waals surface area contributed by atoms with Gasteiger partial charge in [-0.3, -0.25) is 0 Å². The van der Waals surface area contributed by atoms with Crippen molar-refractivity contribution >= 4 is 23.2 Å². The van der Waals surface area contributed by atoms with Crippen molar-refractivity contribution in [3.63, 3.8) is 0 Å². The van der Waals surface area contributed by atoms with Crippen molar-refractivity contribution in [3.8, 4) is 23.1 Å². The molecule has 2 aromatic carbocycles. The van der Waals surface area contributed by atoms with E-state index in [1.165, 1.54) is 7.11 Å². The van der Waals surface area contributed by atoms with Crippen molar-refractivity contribution in [1.29, 1.82) is 0 Å². The van der Waals surface area contributed by atoms with Gasteiger partial charge in [0.15, 0.2) is 5.82 Å². The zero-order valence-corrected chi connectivity index (χ0v) is 12.6. The van der Waals surface area contributed by atoms with Gasteiger partial charge in [-0.1, -0.05) is 23.2 Å². The maximum Gasteiger partial charge on any atom is 0.336 e. The smallest absolute Gasteiger partial charge is 0.336 e. The molecule has 0 spiro atoms. The first-order chi connectivity index (χ1) is 10.2. The highest BCUT2D eigenvalue weighted by atomic mass is 35.5. The fourth-order valence-electron chi connectivity index (χ4n) is 1.93. The third kappa shape index (κ3) is 2.86. The molecule has 0 N–H and O–H groups in total. The third-order valence-corrected chi connectivity index (χ3v) is 3.45. The second-order valence-corrected chi connectivity index (χ2v) is 5.19. The first-order valence-electron chi connectivity index (χ1n) is 6.20. The lowest BCUT2D eigenvalue weighted by molar-refractivity contribution is 0.380. The van der Waals surface area contributed by atoms with Crippen LogP contribution in [0.2, 0.25) is 10.0 Å². The highest BCUT2D eigenvalue weighted by Crippen LogP contribution is 2.25. The zero-order chi connectivity index (χ0) is 14.8. The molecule has 21 heavy (non-hydrogen) atoms. The van der Waals surface area contributed by atoms with E-state index in [4.69, 9.17) is 27.9 Å². The molecular weight excluding hydrogens is 309 g/mol. The number of halogens is 2. The largest absolute Gasteiger partial charge is 0.466 e. The van der Waals surface area contributed by atoms with Gasteiger partial charge in [0.05, 0.1) is 12.8 Å². The predicted molar refractivity (Wildman–Crippen MR) is 83.4 cm³/mol. The number of benzene rings is 2. The molecule has 0 saturated heterocycles. The van der Waals surface area contributed by atoms with E-state index in [1.807, 2.05) is 36.4 Å². The Morgan fingerprint density at radius 1 is 0.905 bits per heavy atom. The van der Waals surface area contributed by atoms with Crippen molar-refractivity contribution < 1.29 is 4.74 Å². The van der Waals surface area contributed by atoms with Crippen molar-refractivity contribution in [3.05, 3.63) is 58.6 Å². The van der Waals surface area contributed by atoms with E-state index in [1.54, 1.807) is 16.8 Å². The lowest BCUT2D eigenvalue weighted by Crippen LogP contribution is -1.99. The molecule has 0 aliphatic rings. The Kier molecular flexibility index (Phi) is 3.82. The summed E-state index contributed by atoms with van der Waals surface area (Å²) in [6.45, 7) is 0. The first-order valence-corrected chi connectivity index (χ1v) is 6.96. The Bertz CT molecular complexity index is 689. The van der Waals surface area contributed by atoms with Gasteiger partial charge in [-0.15, -0.1) is 5.10 Å². The SMILES string of the molecule is COc1nc(-c2ccc(Cl)cc2)n(-c2ccc(Cl)cc2)n1. The van der Waals surface area contributed by atoms with Gasteiger partial charge in [0, 0.05) is 15.6 Å². The van der Waals surface area contributed by atoms with Gasteiger partial charge >= 0.3 is 6.01 Å². The fourth-order valence-corrected chi connectivity index (χ4v) is 2.18. The average Bonchev–Trinajstić information content (AvgIpc) is 2.93. The van der Waals surface area contributed by atoms with Crippen molar-refractivity contribution in [2.45, 2.75) is 0 Å². The molecule has 0 aliphatic carbocycles. The van der Waals surface area contributed by atoms with Crippen LogP contribution in [-0.2, 0) is 0 Å². The van der Waals surface area contributed by atoms with Crippen molar-refractivity contribution in [2.75, 3.05) is 7.11 Å². The molecule has 4 nitrogen and oxygen atoms in total. The van der Waals surface area contributed by atoms with Crippen LogP contribution in [0.3, 0.4) is 0 Å². The van der Waals surface area contributed by atoms with E-state index in [2.05, 4.69) is 10.1 Å². The molecule has 0 radical (unpaired) electrons. The van der Waals surface area contributed by atoms with Crippen LogP contribution in [0.15, 0.2) is 48.5 Å².